The normalized spacial score (nSPS) is 11.7. The number of benzene rings is 1. The predicted molar refractivity (Wildman–Crippen MR) is 79.6 cm³/mol. The summed E-state index contributed by atoms with van der Waals surface area (Å²) < 4.78 is 48.1. The van der Waals surface area contributed by atoms with Crippen LogP contribution in [0.5, 0.6) is 0 Å². The van der Waals surface area contributed by atoms with Crippen LogP contribution in [0, 0.1) is 0 Å². The van der Waals surface area contributed by atoms with E-state index in [0.29, 0.717) is 36.5 Å². The van der Waals surface area contributed by atoms with Gasteiger partial charge in [-0.1, -0.05) is 0 Å². The summed E-state index contributed by atoms with van der Waals surface area (Å²) in [6.45, 7) is 2.49. The van der Waals surface area contributed by atoms with E-state index in [9.17, 15) is 13.2 Å². The number of ether oxygens (including phenoxy) is 2. The number of rotatable bonds is 9. The Labute approximate surface area is 130 Å². The molecule has 0 heterocycles. The molecule has 0 aromatic heterocycles. The van der Waals surface area contributed by atoms with Gasteiger partial charge in [0.15, 0.2) is 0 Å². The van der Waals surface area contributed by atoms with Crippen molar-refractivity contribution in [1.82, 2.24) is 0 Å². The van der Waals surface area contributed by atoms with E-state index < -0.39 is 11.7 Å². The maximum absolute atomic E-state index is 12.5. The minimum absolute atomic E-state index is 0.411. The molecule has 0 radical (unpaired) electrons. The summed E-state index contributed by atoms with van der Waals surface area (Å²) >= 11 is 3.15. The molecule has 1 aromatic carbocycles. The zero-order valence-corrected chi connectivity index (χ0v) is 13.4. The van der Waals surface area contributed by atoms with Crippen molar-refractivity contribution in [2.24, 2.45) is 0 Å². The molecule has 120 valence electrons. The smallest absolute Gasteiger partial charge is 0.384 e. The lowest BCUT2D eigenvalue weighted by Crippen LogP contribution is -2.08. The zero-order valence-electron chi connectivity index (χ0n) is 11.8. The Morgan fingerprint density at radius 2 is 1.90 bits per heavy atom. The molecule has 7 heteroatoms. The lowest BCUT2D eigenvalue weighted by molar-refractivity contribution is -0.137. The maximum Gasteiger partial charge on any atom is 0.416 e. The lowest BCUT2D eigenvalue weighted by atomic mass is 10.2. The molecule has 0 fully saturated rings. The molecule has 1 aromatic rings. The first-order chi connectivity index (χ1) is 9.95. The average molecular weight is 370 g/mol. The van der Waals surface area contributed by atoms with E-state index in [1.807, 2.05) is 0 Å². The Bertz CT molecular complexity index is 427. The van der Waals surface area contributed by atoms with Crippen molar-refractivity contribution >= 4 is 21.6 Å². The highest BCUT2D eigenvalue weighted by molar-refractivity contribution is 9.10. The number of hydrogen-bond donors (Lipinski definition) is 1. The van der Waals surface area contributed by atoms with Gasteiger partial charge in [0.2, 0.25) is 0 Å². The first-order valence-electron chi connectivity index (χ1n) is 6.62. The zero-order chi connectivity index (χ0) is 15.7. The minimum atomic E-state index is -4.32. The molecule has 0 spiro atoms. The molecular formula is C14H19BrF3NO2. The molecule has 0 aliphatic rings. The molecule has 0 amide bonds. The Kier molecular flexibility index (Phi) is 8.06. The second kappa shape index (κ2) is 9.27. The van der Waals surface area contributed by atoms with Crippen LogP contribution in [0.2, 0.25) is 0 Å². The van der Waals surface area contributed by atoms with Crippen LogP contribution in [0.4, 0.5) is 18.9 Å². The van der Waals surface area contributed by atoms with Crippen molar-refractivity contribution in [3.8, 4) is 0 Å². The molecule has 3 nitrogen and oxygen atoms in total. The van der Waals surface area contributed by atoms with Gasteiger partial charge in [0.25, 0.3) is 0 Å². The first kappa shape index (κ1) is 18.3. The maximum atomic E-state index is 12.5. The second-order valence-corrected chi connectivity index (χ2v) is 5.29. The van der Waals surface area contributed by atoms with Crippen LogP contribution in [0.1, 0.15) is 18.4 Å². The van der Waals surface area contributed by atoms with Gasteiger partial charge in [-0.25, -0.2) is 0 Å². The largest absolute Gasteiger partial charge is 0.416 e. The van der Waals surface area contributed by atoms with Gasteiger partial charge in [0.1, 0.15) is 0 Å². The van der Waals surface area contributed by atoms with Gasteiger partial charge in [0, 0.05) is 30.4 Å². The van der Waals surface area contributed by atoms with Crippen LogP contribution in [-0.4, -0.2) is 33.5 Å². The summed E-state index contributed by atoms with van der Waals surface area (Å²) in [5.74, 6) is 0. The van der Waals surface area contributed by atoms with Crippen molar-refractivity contribution < 1.29 is 22.6 Å². The topological polar surface area (TPSA) is 30.5 Å². The van der Waals surface area contributed by atoms with Gasteiger partial charge in [-0.3, -0.25) is 0 Å². The van der Waals surface area contributed by atoms with Crippen LogP contribution in [0.25, 0.3) is 0 Å². The number of anilines is 1. The lowest BCUT2D eigenvalue weighted by Gasteiger charge is -2.12. The van der Waals surface area contributed by atoms with E-state index in [2.05, 4.69) is 21.2 Å². The molecule has 1 N–H and O–H groups in total. The van der Waals surface area contributed by atoms with Crippen LogP contribution in [0.15, 0.2) is 22.7 Å². The average Bonchev–Trinajstić information content (AvgIpc) is 2.42. The first-order valence-corrected chi connectivity index (χ1v) is 7.41. The number of alkyl halides is 3. The van der Waals surface area contributed by atoms with E-state index in [-0.39, 0.29) is 0 Å². The molecule has 21 heavy (non-hydrogen) atoms. The van der Waals surface area contributed by atoms with E-state index in [1.54, 1.807) is 7.11 Å². The van der Waals surface area contributed by atoms with Crippen molar-refractivity contribution in [1.29, 1.82) is 0 Å². The van der Waals surface area contributed by atoms with Crippen LogP contribution >= 0.6 is 15.9 Å². The summed E-state index contributed by atoms with van der Waals surface area (Å²) in [4.78, 5) is 0. The van der Waals surface area contributed by atoms with Gasteiger partial charge in [-0.15, -0.1) is 0 Å². The Balaban J connectivity index is 2.27. The molecule has 0 aliphatic heterocycles. The van der Waals surface area contributed by atoms with Gasteiger partial charge in [-0.05, 0) is 47.0 Å². The molecule has 0 aliphatic carbocycles. The molecule has 0 unspecified atom stereocenters. The highest BCUT2D eigenvalue weighted by Gasteiger charge is 2.30. The number of unbranched alkanes of at least 4 members (excludes halogenated alkanes) is 1. The Morgan fingerprint density at radius 1 is 1.14 bits per heavy atom. The second-order valence-electron chi connectivity index (χ2n) is 4.43. The number of methoxy groups -OCH3 is 1. The third-order valence-corrected chi connectivity index (χ3v) is 3.42. The quantitative estimate of drug-likeness (QED) is 0.657. The minimum Gasteiger partial charge on any atom is -0.384 e. The number of nitrogens with one attached hydrogen (secondary N) is 1. The van der Waals surface area contributed by atoms with E-state index >= 15 is 0 Å². The third kappa shape index (κ3) is 7.15. The molecule has 0 atom stereocenters. The summed E-state index contributed by atoms with van der Waals surface area (Å²) in [6, 6.07) is 3.58. The van der Waals surface area contributed by atoms with E-state index in [4.69, 9.17) is 9.47 Å². The highest BCUT2D eigenvalue weighted by Crippen LogP contribution is 2.33. The fraction of sp³-hybridized carbons (Fsp3) is 0.571. The Morgan fingerprint density at radius 3 is 2.52 bits per heavy atom. The van der Waals surface area contributed by atoms with Gasteiger partial charge in [-0.2, -0.15) is 13.2 Å². The Hall–Kier alpha value is -0.790. The van der Waals surface area contributed by atoms with Crippen molar-refractivity contribution in [3.05, 3.63) is 28.2 Å². The molecular weight excluding hydrogens is 351 g/mol. The summed E-state index contributed by atoms with van der Waals surface area (Å²) in [5, 5.41) is 3.10. The summed E-state index contributed by atoms with van der Waals surface area (Å²) in [5.41, 5.74) is -0.00484. The predicted octanol–water partition coefficient (Wildman–Crippen LogP) is 4.32. The van der Waals surface area contributed by atoms with Crippen molar-refractivity contribution in [2.45, 2.75) is 19.0 Å². The molecule has 0 saturated heterocycles. The van der Waals surface area contributed by atoms with E-state index in [0.717, 1.165) is 25.0 Å². The molecule has 1 rings (SSSR count). The van der Waals surface area contributed by atoms with Gasteiger partial charge >= 0.3 is 6.18 Å². The van der Waals surface area contributed by atoms with Crippen molar-refractivity contribution in [2.75, 3.05) is 38.8 Å². The molecule has 0 saturated carbocycles. The van der Waals surface area contributed by atoms with Gasteiger partial charge in [0.05, 0.1) is 18.8 Å². The number of hydrogen-bond acceptors (Lipinski definition) is 3. The monoisotopic (exact) mass is 369 g/mol. The van der Waals surface area contributed by atoms with Crippen molar-refractivity contribution in [3.63, 3.8) is 0 Å². The SMILES string of the molecule is COCCOCCCCNc1ccc(C(F)(F)F)cc1Br. The number of halogens is 4. The van der Waals surface area contributed by atoms with Crippen LogP contribution in [-0.2, 0) is 15.7 Å². The summed E-state index contributed by atoms with van der Waals surface area (Å²) in [6.07, 6.45) is -2.56. The van der Waals surface area contributed by atoms with E-state index in [1.165, 1.54) is 6.07 Å². The highest BCUT2D eigenvalue weighted by atomic mass is 79.9. The fourth-order valence-corrected chi connectivity index (χ4v) is 2.15. The standard InChI is InChI=1S/C14H19BrF3NO2/c1-20-8-9-21-7-3-2-6-19-13-5-4-11(10-12(13)15)14(16,17)18/h4-5,10,19H,2-3,6-9H2,1H3. The van der Waals surface area contributed by atoms with Crippen LogP contribution in [0.3, 0.4) is 0 Å². The van der Waals surface area contributed by atoms with Gasteiger partial charge < -0.3 is 14.8 Å². The summed E-state index contributed by atoms with van der Waals surface area (Å²) in [7, 11) is 1.62. The molecule has 0 bridgehead atoms. The fourth-order valence-electron chi connectivity index (χ4n) is 1.63. The third-order valence-electron chi connectivity index (χ3n) is 2.76. The van der Waals surface area contributed by atoms with Crippen LogP contribution < -0.4 is 5.32 Å².